The van der Waals surface area contributed by atoms with Gasteiger partial charge in [-0.05, 0) is 32.9 Å². The highest BCUT2D eigenvalue weighted by atomic mass is 16.5. The number of carbonyl (C=O) groups excluding carboxylic acids is 1. The van der Waals surface area contributed by atoms with Gasteiger partial charge in [0, 0.05) is 17.5 Å². The van der Waals surface area contributed by atoms with Crippen LogP contribution in [0.1, 0.15) is 24.2 Å². The van der Waals surface area contributed by atoms with Crippen molar-refractivity contribution in [3.63, 3.8) is 0 Å². The van der Waals surface area contributed by atoms with Gasteiger partial charge in [0.15, 0.2) is 5.76 Å². The zero-order chi connectivity index (χ0) is 14.7. The molecule has 0 saturated carbocycles. The van der Waals surface area contributed by atoms with E-state index in [1.807, 2.05) is 6.07 Å². The van der Waals surface area contributed by atoms with Crippen molar-refractivity contribution in [2.24, 2.45) is 5.92 Å². The SMILES string of the molecule is Cc1ccc(-c2cc(CN3CCC(C=O)CC3)on2)cc1. The standard InChI is InChI=1S/C17H20N2O2/c1-13-2-4-15(5-3-13)17-10-16(21-18-17)11-19-8-6-14(12-20)7-9-19/h2-5,10,12,14H,6-9,11H2,1H3. The molecular formula is C17H20N2O2. The van der Waals surface area contributed by atoms with Crippen molar-refractivity contribution in [3.8, 4) is 11.3 Å². The zero-order valence-electron chi connectivity index (χ0n) is 12.3. The van der Waals surface area contributed by atoms with Crippen LogP contribution in [0, 0.1) is 12.8 Å². The number of hydrogen-bond donors (Lipinski definition) is 0. The molecule has 3 rings (SSSR count). The predicted octanol–water partition coefficient (Wildman–Crippen LogP) is 3.06. The molecule has 110 valence electrons. The molecule has 4 nitrogen and oxygen atoms in total. The summed E-state index contributed by atoms with van der Waals surface area (Å²) < 4.78 is 5.44. The Morgan fingerprint density at radius 1 is 1.29 bits per heavy atom. The number of rotatable bonds is 4. The smallest absolute Gasteiger partial charge is 0.151 e. The second-order valence-corrected chi connectivity index (χ2v) is 5.79. The van der Waals surface area contributed by atoms with Crippen molar-refractivity contribution in [2.75, 3.05) is 13.1 Å². The lowest BCUT2D eigenvalue weighted by atomic mass is 9.98. The van der Waals surface area contributed by atoms with Crippen LogP contribution in [0.2, 0.25) is 0 Å². The van der Waals surface area contributed by atoms with Gasteiger partial charge in [-0.1, -0.05) is 35.0 Å². The van der Waals surface area contributed by atoms with Crippen molar-refractivity contribution >= 4 is 6.29 Å². The monoisotopic (exact) mass is 284 g/mol. The first kappa shape index (κ1) is 14.0. The van der Waals surface area contributed by atoms with E-state index >= 15 is 0 Å². The van der Waals surface area contributed by atoms with E-state index in [1.165, 1.54) is 5.56 Å². The number of benzene rings is 1. The lowest BCUT2D eigenvalue weighted by Gasteiger charge is -2.28. The van der Waals surface area contributed by atoms with Crippen LogP contribution < -0.4 is 0 Å². The minimum atomic E-state index is 0.235. The van der Waals surface area contributed by atoms with Gasteiger partial charge in [-0.15, -0.1) is 0 Å². The Kier molecular flexibility index (Phi) is 4.15. The number of aryl methyl sites for hydroxylation is 1. The van der Waals surface area contributed by atoms with Gasteiger partial charge in [-0.25, -0.2) is 0 Å². The molecule has 0 spiro atoms. The first-order valence-electron chi connectivity index (χ1n) is 7.45. The van der Waals surface area contributed by atoms with E-state index in [0.29, 0.717) is 0 Å². The first-order valence-corrected chi connectivity index (χ1v) is 7.45. The summed E-state index contributed by atoms with van der Waals surface area (Å²) >= 11 is 0. The number of carbonyl (C=O) groups is 1. The normalized spacial score (nSPS) is 17.0. The molecule has 0 amide bonds. The number of nitrogens with zero attached hydrogens (tertiary/aromatic N) is 2. The van der Waals surface area contributed by atoms with Crippen molar-refractivity contribution in [2.45, 2.75) is 26.3 Å². The van der Waals surface area contributed by atoms with E-state index in [9.17, 15) is 4.79 Å². The molecule has 0 radical (unpaired) electrons. The largest absolute Gasteiger partial charge is 0.359 e. The maximum atomic E-state index is 10.8. The third-order valence-electron chi connectivity index (χ3n) is 4.11. The molecule has 0 aliphatic carbocycles. The van der Waals surface area contributed by atoms with Crippen LogP contribution in [0.5, 0.6) is 0 Å². The summed E-state index contributed by atoms with van der Waals surface area (Å²) in [6.07, 6.45) is 2.98. The van der Waals surface area contributed by atoms with E-state index in [0.717, 1.165) is 55.8 Å². The minimum Gasteiger partial charge on any atom is -0.359 e. The van der Waals surface area contributed by atoms with Crippen molar-refractivity contribution in [1.82, 2.24) is 10.1 Å². The van der Waals surface area contributed by atoms with Crippen LogP contribution in [0.4, 0.5) is 0 Å². The molecule has 1 saturated heterocycles. The average molecular weight is 284 g/mol. The van der Waals surface area contributed by atoms with E-state index in [-0.39, 0.29) is 5.92 Å². The Balaban J connectivity index is 1.63. The molecule has 0 bridgehead atoms. The lowest BCUT2D eigenvalue weighted by Crippen LogP contribution is -2.33. The molecule has 0 unspecified atom stereocenters. The fraction of sp³-hybridized carbons (Fsp3) is 0.412. The van der Waals surface area contributed by atoms with Crippen molar-refractivity contribution in [1.29, 1.82) is 0 Å². The number of aldehydes is 1. The zero-order valence-corrected chi connectivity index (χ0v) is 12.3. The topological polar surface area (TPSA) is 46.3 Å². The lowest BCUT2D eigenvalue weighted by molar-refractivity contribution is -0.112. The second kappa shape index (κ2) is 6.22. The summed E-state index contributed by atoms with van der Waals surface area (Å²) in [7, 11) is 0. The summed E-state index contributed by atoms with van der Waals surface area (Å²) in [5.74, 6) is 1.12. The highest BCUT2D eigenvalue weighted by Crippen LogP contribution is 2.22. The molecule has 2 heterocycles. The van der Waals surface area contributed by atoms with Crippen LogP contribution >= 0.6 is 0 Å². The highest BCUT2D eigenvalue weighted by Gasteiger charge is 2.19. The third kappa shape index (κ3) is 3.39. The molecule has 4 heteroatoms. The fourth-order valence-electron chi connectivity index (χ4n) is 2.72. The van der Waals surface area contributed by atoms with Crippen LogP contribution in [-0.4, -0.2) is 29.4 Å². The summed E-state index contributed by atoms with van der Waals surface area (Å²) in [6, 6.07) is 10.3. The van der Waals surface area contributed by atoms with Gasteiger partial charge < -0.3 is 9.32 Å². The molecule has 1 aliphatic rings. The maximum absolute atomic E-state index is 10.8. The van der Waals surface area contributed by atoms with Crippen LogP contribution in [0.15, 0.2) is 34.9 Å². The molecular weight excluding hydrogens is 264 g/mol. The maximum Gasteiger partial charge on any atom is 0.151 e. The fourth-order valence-corrected chi connectivity index (χ4v) is 2.72. The summed E-state index contributed by atoms with van der Waals surface area (Å²) in [5, 5.41) is 4.15. The Bertz CT molecular complexity index is 596. The van der Waals surface area contributed by atoms with Crippen molar-refractivity contribution in [3.05, 3.63) is 41.7 Å². The molecule has 21 heavy (non-hydrogen) atoms. The summed E-state index contributed by atoms with van der Waals surface area (Å²) in [5.41, 5.74) is 3.20. The van der Waals surface area contributed by atoms with Crippen LogP contribution in [0.3, 0.4) is 0 Å². The van der Waals surface area contributed by atoms with E-state index in [4.69, 9.17) is 4.52 Å². The van der Waals surface area contributed by atoms with Crippen LogP contribution in [-0.2, 0) is 11.3 Å². The van der Waals surface area contributed by atoms with Gasteiger partial charge in [0.2, 0.25) is 0 Å². The van der Waals surface area contributed by atoms with Gasteiger partial charge in [-0.2, -0.15) is 0 Å². The highest BCUT2D eigenvalue weighted by molar-refractivity contribution is 5.59. The molecule has 1 aromatic carbocycles. The van der Waals surface area contributed by atoms with Gasteiger partial charge in [0.05, 0.1) is 6.54 Å². The summed E-state index contributed by atoms with van der Waals surface area (Å²) in [4.78, 5) is 13.1. The van der Waals surface area contributed by atoms with Gasteiger partial charge in [-0.3, -0.25) is 4.90 Å². The summed E-state index contributed by atoms with van der Waals surface area (Å²) in [6.45, 7) is 4.74. The first-order chi connectivity index (χ1) is 10.2. The number of hydrogen-bond acceptors (Lipinski definition) is 4. The molecule has 1 fully saturated rings. The quantitative estimate of drug-likeness (QED) is 0.810. The average Bonchev–Trinajstić information content (AvgIpc) is 2.97. The number of piperidine rings is 1. The van der Waals surface area contributed by atoms with Gasteiger partial charge in [0.1, 0.15) is 12.0 Å². The van der Waals surface area contributed by atoms with E-state index in [2.05, 4.69) is 41.2 Å². The molecule has 0 N–H and O–H groups in total. The van der Waals surface area contributed by atoms with Crippen LogP contribution in [0.25, 0.3) is 11.3 Å². The predicted molar refractivity (Wildman–Crippen MR) is 80.7 cm³/mol. The molecule has 1 aliphatic heterocycles. The number of likely N-dealkylation sites (tertiary alicyclic amines) is 1. The molecule has 0 atom stereocenters. The third-order valence-corrected chi connectivity index (χ3v) is 4.11. The number of aromatic nitrogens is 1. The van der Waals surface area contributed by atoms with E-state index < -0.39 is 0 Å². The van der Waals surface area contributed by atoms with Gasteiger partial charge in [0.25, 0.3) is 0 Å². The Labute approximate surface area is 124 Å². The minimum absolute atomic E-state index is 0.235. The Morgan fingerprint density at radius 3 is 2.67 bits per heavy atom. The molecule has 2 aromatic rings. The Morgan fingerprint density at radius 2 is 2.00 bits per heavy atom. The van der Waals surface area contributed by atoms with Gasteiger partial charge >= 0.3 is 0 Å². The molecule has 1 aromatic heterocycles. The van der Waals surface area contributed by atoms with Crippen molar-refractivity contribution < 1.29 is 9.32 Å². The second-order valence-electron chi connectivity index (χ2n) is 5.79. The van der Waals surface area contributed by atoms with E-state index in [1.54, 1.807) is 0 Å². The Hall–Kier alpha value is -1.94.